The van der Waals surface area contributed by atoms with Crippen LogP contribution in [0.3, 0.4) is 0 Å². The van der Waals surface area contributed by atoms with Gasteiger partial charge in [-0.3, -0.25) is 0 Å². The van der Waals surface area contributed by atoms with Crippen molar-refractivity contribution in [1.82, 2.24) is 15.1 Å². The first kappa shape index (κ1) is 12.5. The van der Waals surface area contributed by atoms with E-state index < -0.39 is 0 Å². The van der Waals surface area contributed by atoms with E-state index in [4.69, 9.17) is 10.3 Å². The maximum Gasteiger partial charge on any atom is 0.231 e. The van der Waals surface area contributed by atoms with Gasteiger partial charge in [-0.2, -0.15) is 4.98 Å². The van der Waals surface area contributed by atoms with Crippen LogP contribution in [0.4, 0.5) is 0 Å². The van der Waals surface area contributed by atoms with Crippen LogP contribution in [0.5, 0.6) is 0 Å². The molecule has 3 aromatic rings. The topological polar surface area (TPSA) is 77.8 Å². The minimum atomic E-state index is 0.128. The molecule has 5 nitrogen and oxygen atoms in total. The molecule has 2 heterocycles. The van der Waals surface area contributed by atoms with Crippen LogP contribution in [0.15, 0.2) is 40.9 Å². The van der Waals surface area contributed by atoms with Crippen molar-refractivity contribution in [2.45, 2.75) is 31.2 Å². The Kier molecular flexibility index (Phi) is 2.93. The van der Waals surface area contributed by atoms with Crippen LogP contribution in [-0.2, 0) is 0 Å². The molecule has 1 saturated carbocycles. The number of fused-ring (bicyclic) bond motifs is 1. The summed E-state index contributed by atoms with van der Waals surface area (Å²) in [5.74, 6) is 1.37. The number of rotatable bonds is 2. The van der Waals surface area contributed by atoms with Crippen LogP contribution >= 0.6 is 0 Å². The molecule has 1 aliphatic carbocycles. The number of aromatic nitrogens is 3. The predicted molar refractivity (Wildman–Crippen MR) is 79.6 cm³/mol. The minimum Gasteiger partial charge on any atom is -0.339 e. The maximum absolute atomic E-state index is 6.09. The molecule has 0 aliphatic heterocycles. The molecule has 0 radical (unpaired) electrons. The molecule has 21 heavy (non-hydrogen) atoms. The molecule has 0 spiro atoms. The van der Waals surface area contributed by atoms with Crippen molar-refractivity contribution in [2.75, 3.05) is 0 Å². The van der Waals surface area contributed by atoms with E-state index in [0.717, 1.165) is 35.9 Å². The highest BCUT2D eigenvalue weighted by atomic mass is 16.5. The molecule has 1 aliphatic rings. The summed E-state index contributed by atoms with van der Waals surface area (Å²) in [6.07, 6.45) is 3.17. The zero-order valence-electron chi connectivity index (χ0n) is 11.6. The molecule has 5 heteroatoms. The van der Waals surface area contributed by atoms with E-state index in [9.17, 15) is 0 Å². The summed E-state index contributed by atoms with van der Waals surface area (Å²) in [7, 11) is 0. The normalized spacial score (nSPS) is 22.0. The van der Waals surface area contributed by atoms with E-state index in [1.165, 1.54) is 0 Å². The fraction of sp³-hybridized carbons (Fsp3) is 0.312. The van der Waals surface area contributed by atoms with Gasteiger partial charge in [-0.15, -0.1) is 0 Å². The van der Waals surface area contributed by atoms with E-state index in [1.54, 1.807) is 0 Å². The lowest BCUT2D eigenvalue weighted by Crippen LogP contribution is -2.22. The number of nitrogens with zero attached hydrogens (tertiary/aromatic N) is 3. The molecule has 0 saturated heterocycles. The smallest absolute Gasteiger partial charge is 0.231 e. The Bertz CT molecular complexity index is 783. The van der Waals surface area contributed by atoms with Crippen molar-refractivity contribution in [1.29, 1.82) is 0 Å². The lowest BCUT2D eigenvalue weighted by molar-refractivity contribution is 0.345. The monoisotopic (exact) mass is 280 g/mol. The van der Waals surface area contributed by atoms with Gasteiger partial charge >= 0.3 is 0 Å². The third-order valence-corrected chi connectivity index (χ3v) is 4.16. The second-order valence-electron chi connectivity index (χ2n) is 5.55. The second-order valence-corrected chi connectivity index (χ2v) is 5.55. The molecule has 4 rings (SSSR count). The van der Waals surface area contributed by atoms with Gasteiger partial charge in [0.25, 0.3) is 0 Å². The Balaban J connectivity index is 1.70. The molecule has 2 unspecified atom stereocenters. The number of para-hydroxylation sites is 1. The van der Waals surface area contributed by atoms with Crippen molar-refractivity contribution in [3.8, 4) is 11.5 Å². The average Bonchev–Trinajstić information content (AvgIpc) is 3.15. The Morgan fingerprint density at radius 3 is 2.81 bits per heavy atom. The van der Waals surface area contributed by atoms with Gasteiger partial charge in [0.1, 0.15) is 5.69 Å². The lowest BCUT2D eigenvalue weighted by Gasteiger charge is -2.08. The molecule has 2 atom stereocenters. The van der Waals surface area contributed by atoms with E-state index in [-0.39, 0.29) is 12.0 Å². The van der Waals surface area contributed by atoms with Crippen LogP contribution in [0, 0.1) is 0 Å². The summed E-state index contributed by atoms with van der Waals surface area (Å²) in [4.78, 5) is 9.09. The van der Waals surface area contributed by atoms with Gasteiger partial charge in [-0.1, -0.05) is 35.8 Å². The molecule has 2 N–H and O–H groups in total. The van der Waals surface area contributed by atoms with Gasteiger partial charge in [0.05, 0.1) is 11.4 Å². The lowest BCUT2D eigenvalue weighted by atomic mass is 10.1. The molecule has 106 valence electrons. The van der Waals surface area contributed by atoms with Crippen molar-refractivity contribution in [2.24, 2.45) is 5.73 Å². The first-order chi connectivity index (χ1) is 10.3. The van der Waals surface area contributed by atoms with E-state index in [2.05, 4.69) is 15.1 Å². The van der Waals surface area contributed by atoms with E-state index >= 15 is 0 Å². The molecule has 1 aromatic carbocycles. The zero-order valence-corrected chi connectivity index (χ0v) is 11.6. The molecule has 1 fully saturated rings. The second kappa shape index (κ2) is 4.93. The number of benzene rings is 1. The van der Waals surface area contributed by atoms with Gasteiger partial charge in [-0.25, -0.2) is 4.98 Å². The van der Waals surface area contributed by atoms with Crippen LogP contribution in [-0.4, -0.2) is 21.2 Å². The van der Waals surface area contributed by atoms with Crippen molar-refractivity contribution in [3.05, 3.63) is 42.3 Å². The summed E-state index contributed by atoms with van der Waals surface area (Å²) >= 11 is 0. The zero-order chi connectivity index (χ0) is 14.2. The van der Waals surface area contributed by atoms with Crippen molar-refractivity contribution in [3.63, 3.8) is 0 Å². The SMILES string of the molecule is NC1CCCC1c1nc(-c2ccc3ccccc3n2)no1. The molecular weight excluding hydrogens is 264 g/mol. The first-order valence-corrected chi connectivity index (χ1v) is 7.26. The van der Waals surface area contributed by atoms with Crippen LogP contribution < -0.4 is 5.73 Å². The Labute approximate surface area is 122 Å². The van der Waals surface area contributed by atoms with Crippen LogP contribution in [0.1, 0.15) is 31.1 Å². The van der Waals surface area contributed by atoms with Gasteiger partial charge in [0.2, 0.25) is 11.7 Å². The standard InChI is InChI=1S/C16H16N4O/c17-12-6-3-5-11(12)16-19-15(20-21-16)14-9-8-10-4-1-2-7-13(10)18-14/h1-2,4,7-9,11-12H,3,5-6,17H2. The van der Waals surface area contributed by atoms with Crippen molar-refractivity contribution < 1.29 is 4.52 Å². The summed E-state index contributed by atoms with van der Waals surface area (Å²) in [6.45, 7) is 0. The van der Waals surface area contributed by atoms with Gasteiger partial charge in [0, 0.05) is 11.4 Å². The summed E-state index contributed by atoms with van der Waals surface area (Å²) in [6, 6.07) is 12.1. The first-order valence-electron chi connectivity index (χ1n) is 7.26. The van der Waals surface area contributed by atoms with E-state index in [1.807, 2.05) is 36.4 Å². The van der Waals surface area contributed by atoms with Crippen LogP contribution in [0.25, 0.3) is 22.4 Å². The average molecular weight is 280 g/mol. The maximum atomic E-state index is 6.09. The highest BCUT2D eigenvalue weighted by Crippen LogP contribution is 2.33. The summed E-state index contributed by atoms with van der Waals surface area (Å²) in [5, 5.41) is 5.17. The molecule has 0 bridgehead atoms. The van der Waals surface area contributed by atoms with Crippen molar-refractivity contribution >= 4 is 10.9 Å². The number of pyridine rings is 1. The fourth-order valence-electron chi connectivity index (χ4n) is 2.98. The Hall–Kier alpha value is -2.27. The fourth-order valence-corrected chi connectivity index (χ4v) is 2.98. The highest BCUT2D eigenvalue weighted by molar-refractivity contribution is 5.80. The highest BCUT2D eigenvalue weighted by Gasteiger charge is 2.30. The molecule has 2 aromatic heterocycles. The molecule has 0 amide bonds. The largest absolute Gasteiger partial charge is 0.339 e. The van der Waals surface area contributed by atoms with Gasteiger partial charge < -0.3 is 10.3 Å². The molecular formula is C16H16N4O. The predicted octanol–water partition coefficient (Wildman–Crippen LogP) is 2.88. The van der Waals surface area contributed by atoms with Gasteiger partial charge in [0.15, 0.2) is 0 Å². The summed E-state index contributed by atoms with van der Waals surface area (Å²) in [5.41, 5.74) is 7.75. The Morgan fingerprint density at radius 2 is 1.95 bits per heavy atom. The van der Waals surface area contributed by atoms with Crippen LogP contribution in [0.2, 0.25) is 0 Å². The minimum absolute atomic E-state index is 0.128. The Morgan fingerprint density at radius 1 is 1.05 bits per heavy atom. The number of nitrogens with two attached hydrogens (primary N) is 1. The quantitative estimate of drug-likeness (QED) is 0.781. The number of hydrogen-bond donors (Lipinski definition) is 1. The third kappa shape index (κ3) is 2.19. The van der Waals surface area contributed by atoms with Gasteiger partial charge in [-0.05, 0) is 25.0 Å². The number of hydrogen-bond acceptors (Lipinski definition) is 5. The van der Waals surface area contributed by atoms with E-state index in [0.29, 0.717) is 11.7 Å². The third-order valence-electron chi connectivity index (χ3n) is 4.16. The summed E-state index contributed by atoms with van der Waals surface area (Å²) < 4.78 is 5.40.